The van der Waals surface area contributed by atoms with Crippen molar-refractivity contribution >= 4 is 11.9 Å². The molecule has 2 saturated heterocycles. The van der Waals surface area contributed by atoms with Crippen LogP contribution in [0, 0.1) is 0 Å². The van der Waals surface area contributed by atoms with E-state index in [2.05, 4.69) is 0 Å². The fourth-order valence-corrected chi connectivity index (χ4v) is 4.23. The van der Waals surface area contributed by atoms with Gasteiger partial charge in [0.2, 0.25) is 5.91 Å². The average molecular weight is 316 g/mol. The number of likely N-dealkylation sites (tertiary alicyclic amines) is 2. The monoisotopic (exact) mass is 316 g/mol. The molecular weight excluding hydrogens is 292 g/mol. The van der Waals surface area contributed by atoms with Crippen molar-refractivity contribution in [1.82, 2.24) is 9.80 Å². The van der Waals surface area contributed by atoms with E-state index in [4.69, 9.17) is 5.11 Å². The molecular formula is C18H24N2O3. The number of carboxylic acids is 1. The molecule has 5 heteroatoms. The Balaban J connectivity index is 1.77. The summed E-state index contributed by atoms with van der Waals surface area (Å²) in [5, 5.41) is 8.95. The Morgan fingerprint density at radius 3 is 2.48 bits per heavy atom. The number of hydrogen-bond acceptors (Lipinski definition) is 3. The molecule has 2 aliphatic heterocycles. The van der Waals surface area contributed by atoms with Crippen molar-refractivity contribution in [3.8, 4) is 0 Å². The summed E-state index contributed by atoms with van der Waals surface area (Å²) in [6.07, 6.45) is 2.58. The molecule has 1 amide bonds. The minimum atomic E-state index is -0.780. The van der Waals surface area contributed by atoms with Crippen LogP contribution in [-0.2, 0) is 9.59 Å². The summed E-state index contributed by atoms with van der Waals surface area (Å²) in [5.74, 6) is -0.606. The minimum Gasteiger partial charge on any atom is -0.480 e. The van der Waals surface area contributed by atoms with E-state index in [0.717, 1.165) is 44.5 Å². The third kappa shape index (κ3) is 2.98. The van der Waals surface area contributed by atoms with Gasteiger partial charge in [0.05, 0.1) is 12.5 Å². The zero-order valence-electron chi connectivity index (χ0n) is 13.6. The quantitative estimate of drug-likeness (QED) is 0.922. The first-order valence-electron chi connectivity index (χ1n) is 8.36. The molecule has 0 bridgehead atoms. The molecule has 3 rings (SSSR count). The first-order chi connectivity index (χ1) is 11.1. The Morgan fingerprint density at radius 1 is 1.26 bits per heavy atom. The van der Waals surface area contributed by atoms with Gasteiger partial charge in [-0.15, -0.1) is 0 Å². The van der Waals surface area contributed by atoms with E-state index in [1.54, 1.807) is 0 Å². The van der Waals surface area contributed by atoms with Gasteiger partial charge in [-0.05, 0) is 31.7 Å². The minimum absolute atomic E-state index is 0.0535. The van der Waals surface area contributed by atoms with E-state index in [0.29, 0.717) is 0 Å². The second-order valence-corrected chi connectivity index (χ2v) is 6.64. The first kappa shape index (κ1) is 16.0. The van der Waals surface area contributed by atoms with Crippen molar-refractivity contribution in [2.45, 2.75) is 37.6 Å². The topological polar surface area (TPSA) is 60.9 Å². The summed E-state index contributed by atoms with van der Waals surface area (Å²) in [4.78, 5) is 27.8. The number of aliphatic carboxylic acids is 1. The molecule has 0 radical (unpaired) electrons. The Labute approximate surface area is 136 Å². The van der Waals surface area contributed by atoms with Crippen molar-refractivity contribution in [2.75, 3.05) is 26.2 Å². The lowest BCUT2D eigenvalue weighted by molar-refractivity contribution is -0.140. The summed E-state index contributed by atoms with van der Waals surface area (Å²) >= 11 is 0. The van der Waals surface area contributed by atoms with Gasteiger partial charge in [-0.3, -0.25) is 14.5 Å². The number of carbonyl (C=O) groups is 2. The lowest BCUT2D eigenvalue weighted by atomic mass is 9.81. The number of nitrogens with zero attached hydrogens (tertiary/aromatic N) is 2. The highest BCUT2D eigenvalue weighted by Gasteiger charge is 2.51. The summed E-state index contributed by atoms with van der Waals surface area (Å²) < 4.78 is 0. The van der Waals surface area contributed by atoms with Crippen LogP contribution in [0.15, 0.2) is 30.3 Å². The molecule has 1 spiro atoms. The number of hydrogen-bond donors (Lipinski definition) is 1. The van der Waals surface area contributed by atoms with Gasteiger partial charge in [0.15, 0.2) is 0 Å². The lowest BCUT2D eigenvalue weighted by Gasteiger charge is -2.44. The van der Waals surface area contributed by atoms with Gasteiger partial charge in [0.1, 0.15) is 0 Å². The molecule has 0 aliphatic carbocycles. The second kappa shape index (κ2) is 6.32. The predicted molar refractivity (Wildman–Crippen MR) is 87.2 cm³/mol. The molecule has 124 valence electrons. The molecule has 1 aromatic carbocycles. The molecule has 5 nitrogen and oxygen atoms in total. The van der Waals surface area contributed by atoms with Crippen LogP contribution < -0.4 is 0 Å². The molecule has 23 heavy (non-hydrogen) atoms. The highest BCUT2D eigenvalue weighted by Crippen LogP contribution is 2.45. The van der Waals surface area contributed by atoms with Gasteiger partial charge in [0, 0.05) is 25.2 Å². The van der Waals surface area contributed by atoms with E-state index < -0.39 is 5.97 Å². The fourth-order valence-electron chi connectivity index (χ4n) is 4.23. The van der Waals surface area contributed by atoms with Crippen molar-refractivity contribution in [3.63, 3.8) is 0 Å². The number of carbonyl (C=O) groups excluding carboxylic acids is 1. The zero-order valence-corrected chi connectivity index (χ0v) is 13.6. The molecule has 0 saturated carbocycles. The number of amides is 1. The van der Waals surface area contributed by atoms with Gasteiger partial charge >= 0.3 is 5.97 Å². The van der Waals surface area contributed by atoms with Crippen LogP contribution in [0.5, 0.6) is 0 Å². The van der Waals surface area contributed by atoms with E-state index >= 15 is 0 Å². The molecule has 0 unspecified atom stereocenters. The molecule has 1 aromatic rings. The Kier molecular flexibility index (Phi) is 4.39. The number of rotatable bonds is 4. The Bertz CT molecular complexity index is 579. The SMILES string of the molecule is CCN1C(=O)[C@@H](c2ccccc2)CC12CCN(CC(=O)O)CC2. The predicted octanol–water partition coefficient (Wildman–Crippen LogP) is 1.94. The highest BCUT2D eigenvalue weighted by atomic mass is 16.4. The van der Waals surface area contributed by atoms with Crippen molar-refractivity contribution in [3.05, 3.63) is 35.9 Å². The maximum Gasteiger partial charge on any atom is 0.317 e. The molecule has 2 heterocycles. The van der Waals surface area contributed by atoms with Crippen LogP contribution in [0.4, 0.5) is 0 Å². The standard InChI is InChI=1S/C18H24N2O3/c1-2-20-17(23)15(14-6-4-3-5-7-14)12-18(20)8-10-19(11-9-18)13-16(21)22/h3-7,15H,2,8-13H2,1H3,(H,21,22)/t15-/m1/s1. The summed E-state index contributed by atoms with van der Waals surface area (Å²) in [5.41, 5.74) is 1.00. The van der Waals surface area contributed by atoms with Gasteiger partial charge < -0.3 is 10.0 Å². The van der Waals surface area contributed by atoms with Crippen LogP contribution in [0.25, 0.3) is 0 Å². The highest BCUT2D eigenvalue weighted by molar-refractivity contribution is 5.87. The van der Waals surface area contributed by atoms with E-state index in [-0.39, 0.29) is 23.9 Å². The van der Waals surface area contributed by atoms with Gasteiger partial charge in [-0.1, -0.05) is 30.3 Å². The summed E-state index contributed by atoms with van der Waals surface area (Å²) in [7, 11) is 0. The van der Waals surface area contributed by atoms with Crippen molar-refractivity contribution in [1.29, 1.82) is 0 Å². The molecule has 2 aliphatic rings. The number of benzene rings is 1. The largest absolute Gasteiger partial charge is 0.480 e. The molecule has 1 atom stereocenters. The van der Waals surface area contributed by atoms with Crippen molar-refractivity contribution < 1.29 is 14.7 Å². The lowest BCUT2D eigenvalue weighted by Crippen LogP contribution is -2.53. The normalized spacial score (nSPS) is 24.3. The van der Waals surface area contributed by atoms with Crippen molar-refractivity contribution in [2.24, 2.45) is 0 Å². The van der Waals surface area contributed by atoms with Gasteiger partial charge in [-0.25, -0.2) is 0 Å². The molecule has 1 N–H and O–H groups in total. The van der Waals surface area contributed by atoms with Crippen LogP contribution in [0.1, 0.15) is 37.7 Å². The Morgan fingerprint density at radius 2 is 1.91 bits per heavy atom. The second-order valence-electron chi connectivity index (χ2n) is 6.64. The summed E-state index contributed by atoms with van der Waals surface area (Å²) in [6.45, 7) is 4.35. The summed E-state index contributed by atoms with van der Waals surface area (Å²) in [6, 6.07) is 10.0. The van der Waals surface area contributed by atoms with Crippen LogP contribution in [-0.4, -0.2) is 58.5 Å². The van der Waals surface area contributed by atoms with E-state index in [1.165, 1.54) is 0 Å². The average Bonchev–Trinajstić information content (AvgIpc) is 2.82. The van der Waals surface area contributed by atoms with E-state index in [1.807, 2.05) is 47.1 Å². The van der Waals surface area contributed by atoms with Crippen LogP contribution in [0.2, 0.25) is 0 Å². The number of piperidine rings is 1. The Hall–Kier alpha value is -1.88. The maximum absolute atomic E-state index is 12.9. The first-order valence-corrected chi connectivity index (χ1v) is 8.36. The van der Waals surface area contributed by atoms with Gasteiger partial charge in [-0.2, -0.15) is 0 Å². The maximum atomic E-state index is 12.9. The van der Waals surface area contributed by atoms with E-state index in [9.17, 15) is 9.59 Å². The molecule has 2 fully saturated rings. The van der Waals surface area contributed by atoms with Gasteiger partial charge in [0.25, 0.3) is 0 Å². The number of carboxylic acid groups (broad SMARTS) is 1. The third-order valence-electron chi connectivity index (χ3n) is 5.38. The fraction of sp³-hybridized carbons (Fsp3) is 0.556. The zero-order chi connectivity index (χ0) is 16.4. The van der Waals surface area contributed by atoms with Crippen LogP contribution >= 0.6 is 0 Å². The third-order valence-corrected chi connectivity index (χ3v) is 5.38. The number of likely N-dealkylation sites (N-methyl/N-ethyl adjacent to an activating group) is 1. The molecule has 0 aromatic heterocycles. The smallest absolute Gasteiger partial charge is 0.317 e. The van der Waals surface area contributed by atoms with Crippen LogP contribution in [0.3, 0.4) is 0 Å².